The largest absolute Gasteiger partial charge is 0.497 e. The monoisotopic (exact) mass is 285 g/mol. The molecule has 0 saturated heterocycles. The van der Waals surface area contributed by atoms with Gasteiger partial charge >= 0.3 is 0 Å². The lowest BCUT2D eigenvalue weighted by atomic mass is 10.0. The highest BCUT2D eigenvalue weighted by Crippen LogP contribution is 2.33. The van der Waals surface area contributed by atoms with E-state index in [0.717, 1.165) is 27.8 Å². The summed E-state index contributed by atoms with van der Waals surface area (Å²) >= 11 is 6.45. The predicted octanol–water partition coefficient (Wildman–Crippen LogP) is 3.86. The van der Waals surface area contributed by atoms with Crippen molar-refractivity contribution in [2.75, 3.05) is 7.11 Å². The number of halogens is 1. The standard InChI is InChI=1S/C16H12ClNO2/c1-20-11-4-2-10(3-5-11)12-6-8-14-13(16(12)17)7-9-15(19)18-14/h2-9H,1H3,(H,18,19). The number of aromatic nitrogens is 1. The summed E-state index contributed by atoms with van der Waals surface area (Å²) in [6, 6.07) is 14.7. The van der Waals surface area contributed by atoms with E-state index in [9.17, 15) is 4.79 Å². The molecule has 0 fully saturated rings. The van der Waals surface area contributed by atoms with Crippen molar-refractivity contribution in [3.63, 3.8) is 0 Å². The molecular weight excluding hydrogens is 274 g/mol. The molecule has 0 amide bonds. The van der Waals surface area contributed by atoms with Crippen molar-refractivity contribution in [2.24, 2.45) is 0 Å². The maximum atomic E-state index is 11.3. The number of benzene rings is 2. The number of nitrogens with one attached hydrogen (secondary N) is 1. The van der Waals surface area contributed by atoms with Gasteiger partial charge in [0.2, 0.25) is 5.56 Å². The molecule has 0 saturated carbocycles. The first kappa shape index (κ1) is 12.8. The molecule has 0 bridgehead atoms. The minimum absolute atomic E-state index is 0.134. The van der Waals surface area contributed by atoms with Crippen LogP contribution >= 0.6 is 11.6 Å². The van der Waals surface area contributed by atoms with Gasteiger partial charge in [0.15, 0.2) is 0 Å². The van der Waals surface area contributed by atoms with E-state index in [1.807, 2.05) is 36.4 Å². The molecule has 3 aromatic rings. The van der Waals surface area contributed by atoms with Gasteiger partial charge in [-0.25, -0.2) is 0 Å². The van der Waals surface area contributed by atoms with Crippen molar-refractivity contribution < 1.29 is 4.74 Å². The lowest BCUT2D eigenvalue weighted by Crippen LogP contribution is -2.02. The van der Waals surface area contributed by atoms with Crippen LogP contribution in [0.15, 0.2) is 53.3 Å². The van der Waals surface area contributed by atoms with Crippen molar-refractivity contribution in [1.29, 1.82) is 0 Å². The summed E-state index contributed by atoms with van der Waals surface area (Å²) in [5.74, 6) is 0.801. The molecule has 0 unspecified atom stereocenters. The molecule has 100 valence electrons. The molecule has 3 rings (SSSR count). The van der Waals surface area contributed by atoms with Crippen LogP contribution in [0.3, 0.4) is 0 Å². The number of rotatable bonds is 2. The van der Waals surface area contributed by atoms with Gasteiger partial charge in [-0.05, 0) is 29.8 Å². The van der Waals surface area contributed by atoms with Gasteiger partial charge in [0.05, 0.1) is 12.1 Å². The van der Waals surface area contributed by atoms with Crippen LogP contribution in [0.1, 0.15) is 0 Å². The van der Waals surface area contributed by atoms with E-state index in [4.69, 9.17) is 16.3 Å². The van der Waals surface area contributed by atoms with Gasteiger partial charge in [-0.2, -0.15) is 0 Å². The Morgan fingerprint density at radius 2 is 1.75 bits per heavy atom. The smallest absolute Gasteiger partial charge is 0.248 e. The van der Waals surface area contributed by atoms with Crippen molar-refractivity contribution >= 4 is 22.5 Å². The van der Waals surface area contributed by atoms with E-state index in [2.05, 4.69) is 4.98 Å². The topological polar surface area (TPSA) is 42.1 Å². The molecule has 0 atom stereocenters. The van der Waals surface area contributed by atoms with Crippen LogP contribution in [0.5, 0.6) is 5.75 Å². The van der Waals surface area contributed by atoms with E-state index in [1.165, 1.54) is 6.07 Å². The Morgan fingerprint density at radius 3 is 2.45 bits per heavy atom. The summed E-state index contributed by atoms with van der Waals surface area (Å²) in [6.07, 6.45) is 0. The maximum absolute atomic E-state index is 11.3. The summed E-state index contributed by atoms with van der Waals surface area (Å²) in [4.78, 5) is 14.1. The molecule has 2 aromatic carbocycles. The first-order chi connectivity index (χ1) is 9.69. The Bertz CT molecular complexity index is 822. The predicted molar refractivity (Wildman–Crippen MR) is 81.6 cm³/mol. The van der Waals surface area contributed by atoms with Crippen LogP contribution in [-0.4, -0.2) is 12.1 Å². The number of hydrogen-bond donors (Lipinski definition) is 1. The summed E-state index contributed by atoms with van der Waals surface area (Å²) in [5, 5.41) is 1.46. The van der Waals surface area contributed by atoms with E-state index < -0.39 is 0 Å². The third-order valence-electron chi connectivity index (χ3n) is 3.24. The summed E-state index contributed by atoms with van der Waals surface area (Å²) in [5.41, 5.74) is 2.53. The molecule has 0 spiro atoms. The molecule has 1 N–H and O–H groups in total. The molecular formula is C16H12ClNO2. The average molecular weight is 286 g/mol. The molecule has 4 heteroatoms. The van der Waals surface area contributed by atoms with E-state index >= 15 is 0 Å². The summed E-state index contributed by atoms with van der Waals surface area (Å²) in [6.45, 7) is 0. The number of ether oxygens (including phenoxy) is 1. The van der Waals surface area contributed by atoms with Gasteiger partial charge in [0.25, 0.3) is 0 Å². The third kappa shape index (κ3) is 2.17. The molecule has 0 aliphatic heterocycles. The molecule has 1 aromatic heterocycles. The van der Waals surface area contributed by atoms with Gasteiger partial charge in [-0.1, -0.05) is 29.8 Å². The number of pyridine rings is 1. The SMILES string of the molecule is COc1ccc(-c2ccc3[nH]c(=O)ccc3c2Cl)cc1. The van der Waals surface area contributed by atoms with Gasteiger partial charge in [0.1, 0.15) is 5.75 Å². The van der Waals surface area contributed by atoms with Crippen LogP contribution in [0, 0.1) is 0 Å². The van der Waals surface area contributed by atoms with Crippen molar-refractivity contribution in [3.05, 3.63) is 63.9 Å². The normalized spacial score (nSPS) is 10.7. The zero-order chi connectivity index (χ0) is 14.1. The average Bonchev–Trinajstić information content (AvgIpc) is 2.48. The Balaban J connectivity index is 2.18. The second kappa shape index (κ2) is 5.02. The summed E-state index contributed by atoms with van der Waals surface area (Å²) in [7, 11) is 1.63. The molecule has 1 heterocycles. The van der Waals surface area contributed by atoms with Crippen LogP contribution in [0.2, 0.25) is 5.02 Å². The third-order valence-corrected chi connectivity index (χ3v) is 3.65. The zero-order valence-corrected chi connectivity index (χ0v) is 11.6. The highest BCUT2D eigenvalue weighted by Gasteiger charge is 2.08. The highest BCUT2D eigenvalue weighted by molar-refractivity contribution is 6.38. The first-order valence-electron chi connectivity index (χ1n) is 6.15. The second-order valence-electron chi connectivity index (χ2n) is 4.44. The Kier molecular flexibility index (Phi) is 3.20. The second-order valence-corrected chi connectivity index (χ2v) is 4.82. The Labute approximate surface area is 120 Å². The van der Waals surface area contributed by atoms with E-state index in [0.29, 0.717) is 5.02 Å². The van der Waals surface area contributed by atoms with E-state index in [-0.39, 0.29) is 5.56 Å². The Hall–Kier alpha value is -2.26. The van der Waals surface area contributed by atoms with Gasteiger partial charge in [-0.15, -0.1) is 0 Å². The number of methoxy groups -OCH3 is 1. The van der Waals surface area contributed by atoms with Gasteiger partial charge in [-0.3, -0.25) is 4.79 Å². The van der Waals surface area contributed by atoms with Crippen molar-refractivity contribution in [3.8, 4) is 16.9 Å². The van der Waals surface area contributed by atoms with Crippen LogP contribution in [0.25, 0.3) is 22.0 Å². The minimum atomic E-state index is -0.134. The zero-order valence-electron chi connectivity index (χ0n) is 10.8. The van der Waals surface area contributed by atoms with Gasteiger partial charge in [0, 0.05) is 22.5 Å². The molecule has 0 aliphatic carbocycles. The number of hydrogen-bond acceptors (Lipinski definition) is 2. The quantitative estimate of drug-likeness (QED) is 0.777. The van der Waals surface area contributed by atoms with Crippen LogP contribution in [0.4, 0.5) is 0 Å². The number of H-pyrrole nitrogens is 1. The molecule has 3 nitrogen and oxygen atoms in total. The molecule has 20 heavy (non-hydrogen) atoms. The Morgan fingerprint density at radius 1 is 1.00 bits per heavy atom. The molecule has 0 radical (unpaired) electrons. The van der Waals surface area contributed by atoms with E-state index in [1.54, 1.807) is 13.2 Å². The lowest BCUT2D eigenvalue weighted by molar-refractivity contribution is 0.415. The number of aromatic amines is 1. The summed E-state index contributed by atoms with van der Waals surface area (Å²) < 4.78 is 5.15. The lowest BCUT2D eigenvalue weighted by Gasteiger charge is -2.08. The first-order valence-corrected chi connectivity index (χ1v) is 6.53. The fraction of sp³-hybridized carbons (Fsp3) is 0.0625. The minimum Gasteiger partial charge on any atom is -0.497 e. The fourth-order valence-corrected chi connectivity index (χ4v) is 2.53. The van der Waals surface area contributed by atoms with Crippen LogP contribution < -0.4 is 10.3 Å². The number of fused-ring (bicyclic) bond motifs is 1. The van der Waals surface area contributed by atoms with Crippen molar-refractivity contribution in [2.45, 2.75) is 0 Å². The fourth-order valence-electron chi connectivity index (χ4n) is 2.19. The molecule has 0 aliphatic rings. The highest BCUT2D eigenvalue weighted by atomic mass is 35.5. The van der Waals surface area contributed by atoms with Crippen LogP contribution in [-0.2, 0) is 0 Å². The van der Waals surface area contributed by atoms with Gasteiger partial charge < -0.3 is 9.72 Å². The van der Waals surface area contributed by atoms with Crippen molar-refractivity contribution in [1.82, 2.24) is 4.98 Å². The maximum Gasteiger partial charge on any atom is 0.248 e.